The second-order valence-electron chi connectivity index (χ2n) is 5.70. The number of ether oxygens (including phenoxy) is 1. The highest BCUT2D eigenvalue weighted by molar-refractivity contribution is 5.86. The Hall–Kier alpha value is -2.11. The SMILES string of the molecule is C=C(C)C(=O)O.C=C(C)C(=O)OC.CCCCCCCCCC(N)=O. The van der Waals surface area contributed by atoms with Crippen LogP contribution in [0.2, 0.25) is 0 Å². The summed E-state index contributed by atoms with van der Waals surface area (Å²) < 4.78 is 4.27. The van der Waals surface area contributed by atoms with E-state index in [0.29, 0.717) is 12.0 Å². The summed E-state index contributed by atoms with van der Waals surface area (Å²) in [5, 5.41) is 7.89. The number of hydrogen-bond donors (Lipinski definition) is 2. The van der Waals surface area contributed by atoms with Crippen molar-refractivity contribution in [3.8, 4) is 0 Å². The minimum atomic E-state index is -0.935. The Morgan fingerprint density at radius 2 is 1.32 bits per heavy atom. The molecule has 0 aliphatic carbocycles. The maximum absolute atomic E-state index is 10.4. The molecular formula is C19H35NO5. The van der Waals surface area contributed by atoms with Gasteiger partial charge in [-0.05, 0) is 20.3 Å². The maximum Gasteiger partial charge on any atom is 0.332 e. The Labute approximate surface area is 152 Å². The van der Waals surface area contributed by atoms with Crippen molar-refractivity contribution in [3.63, 3.8) is 0 Å². The van der Waals surface area contributed by atoms with Gasteiger partial charge in [0.25, 0.3) is 0 Å². The number of primary amides is 1. The van der Waals surface area contributed by atoms with Crippen molar-refractivity contribution >= 4 is 17.8 Å². The van der Waals surface area contributed by atoms with E-state index in [1.54, 1.807) is 6.92 Å². The van der Waals surface area contributed by atoms with E-state index in [2.05, 4.69) is 24.8 Å². The lowest BCUT2D eigenvalue weighted by Gasteiger charge is -1.98. The van der Waals surface area contributed by atoms with Gasteiger partial charge in [-0.2, -0.15) is 0 Å². The first-order valence-electron chi connectivity index (χ1n) is 8.50. The van der Waals surface area contributed by atoms with Gasteiger partial charge < -0.3 is 15.6 Å². The van der Waals surface area contributed by atoms with Gasteiger partial charge in [-0.15, -0.1) is 0 Å². The molecule has 0 aliphatic rings. The highest BCUT2D eigenvalue weighted by Crippen LogP contribution is 2.07. The summed E-state index contributed by atoms with van der Waals surface area (Å²) in [4.78, 5) is 30.1. The number of aliphatic carboxylic acids is 1. The fourth-order valence-electron chi connectivity index (χ4n) is 1.43. The van der Waals surface area contributed by atoms with Crippen LogP contribution in [0.25, 0.3) is 0 Å². The average molecular weight is 357 g/mol. The van der Waals surface area contributed by atoms with Gasteiger partial charge in [0, 0.05) is 17.6 Å². The summed E-state index contributed by atoms with van der Waals surface area (Å²) >= 11 is 0. The molecule has 0 saturated carbocycles. The number of carbonyl (C=O) groups is 3. The van der Waals surface area contributed by atoms with Gasteiger partial charge in [0.15, 0.2) is 0 Å². The molecule has 0 heterocycles. The van der Waals surface area contributed by atoms with Gasteiger partial charge in [0.05, 0.1) is 7.11 Å². The molecule has 0 saturated heterocycles. The number of carboxylic acid groups (broad SMARTS) is 1. The molecule has 6 nitrogen and oxygen atoms in total. The average Bonchev–Trinajstić information content (AvgIpc) is 2.54. The molecule has 0 atom stereocenters. The van der Waals surface area contributed by atoms with Crippen molar-refractivity contribution < 1.29 is 24.2 Å². The molecule has 0 aromatic rings. The van der Waals surface area contributed by atoms with Crippen LogP contribution in [0, 0.1) is 0 Å². The van der Waals surface area contributed by atoms with E-state index in [1.165, 1.54) is 46.1 Å². The van der Waals surface area contributed by atoms with Gasteiger partial charge in [-0.25, -0.2) is 9.59 Å². The van der Waals surface area contributed by atoms with E-state index >= 15 is 0 Å². The molecule has 0 rings (SSSR count). The number of methoxy groups -OCH3 is 1. The number of carbonyl (C=O) groups excluding carboxylic acids is 2. The highest BCUT2D eigenvalue weighted by atomic mass is 16.5. The molecule has 0 aromatic heterocycles. The molecule has 0 radical (unpaired) electrons. The van der Waals surface area contributed by atoms with E-state index in [1.807, 2.05) is 0 Å². The largest absolute Gasteiger partial charge is 0.478 e. The molecule has 0 aliphatic heterocycles. The van der Waals surface area contributed by atoms with Crippen molar-refractivity contribution in [2.75, 3.05) is 7.11 Å². The first-order valence-corrected chi connectivity index (χ1v) is 8.50. The Kier molecular flexibility index (Phi) is 22.1. The third-order valence-electron chi connectivity index (χ3n) is 2.93. The van der Waals surface area contributed by atoms with Crippen LogP contribution in [0.5, 0.6) is 0 Å². The number of unbranched alkanes of at least 4 members (excludes halogenated alkanes) is 6. The summed E-state index contributed by atoms with van der Waals surface area (Å²) in [5.74, 6) is -1.45. The maximum atomic E-state index is 10.4. The monoisotopic (exact) mass is 357 g/mol. The van der Waals surface area contributed by atoms with Crippen LogP contribution < -0.4 is 5.73 Å². The van der Waals surface area contributed by atoms with Crippen molar-refractivity contribution in [2.45, 2.75) is 72.1 Å². The zero-order chi connectivity index (χ0) is 20.3. The molecule has 0 aromatic carbocycles. The first kappa shape index (κ1) is 27.7. The van der Waals surface area contributed by atoms with Crippen molar-refractivity contribution in [2.24, 2.45) is 5.73 Å². The second kappa shape index (κ2) is 19.9. The molecule has 6 heteroatoms. The summed E-state index contributed by atoms with van der Waals surface area (Å²) in [6.07, 6.45) is 9.24. The molecule has 1 amide bonds. The summed E-state index contributed by atoms with van der Waals surface area (Å²) in [6, 6.07) is 0. The van der Waals surface area contributed by atoms with E-state index in [4.69, 9.17) is 10.8 Å². The Morgan fingerprint density at radius 1 is 0.920 bits per heavy atom. The van der Waals surface area contributed by atoms with Crippen LogP contribution in [-0.4, -0.2) is 30.1 Å². The van der Waals surface area contributed by atoms with E-state index < -0.39 is 5.97 Å². The third kappa shape index (κ3) is 30.4. The first-order chi connectivity index (χ1) is 11.6. The lowest BCUT2D eigenvalue weighted by atomic mass is 10.1. The Balaban J connectivity index is -0.000000317. The molecule has 0 fully saturated rings. The smallest absolute Gasteiger partial charge is 0.332 e. The van der Waals surface area contributed by atoms with Crippen molar-refractivity contribution in [1.82, 2.24) is 0 Å². The molecular weight excluding hydrogens is 322 g/mol. The van der Waals surface area contributed by atoms with Gasteiger partial charge in [0.1, 0.15) is 0 Å². The minimum Gasteiger partial charge on any atom is -0.478 e. The van der Waals surface area contributed by atoms with E-state index in [0.717, 1.165) is 12.8 Å². The van der Waals surface area contributed by atoms with Crippen LogP contribution in [0.15, 0.2) is 24.3 Å². The number of nitrogens with two attached hydrogens (primary N) is 1. The minimum absolute atomic E-state index is 0.163. The predicted octanol–water partition coefficient (Wildman–Crippen LogP) is 4.00. The Bertz CT molecular complexity index is 404. The van der Waals surface area contributed by atoms with Gasteiger partial charge >= 0.3 is 11.9 Å². The molecule has 25 heavy (non-hydrogen) atoms. The third-order valence-corrected chi connectivity index (χ3v) is 2.93. The van der Waals surface area contributed by atoms with Crippen LogP contribution in [0.3, 0.4) is 0 Å². The van der Waals surface area contributed by atoms with Gasteiger partial charge in [-0.3, -0.25) is 4.79 Å². The second-order valence-corrected chi connectivity index (χ2v) is 5.70. The summed E-state index contributed by atoms with van der Waals surface area (Å²) in [5.41, 5.74) is 5.62. The number of esters is 1. The fourth-order valence-corrected chi connectivity index (χ4v) is 1.43. The van der Waals surface area contributed by atoms with E-state index in [-0.39, 0.29) is 17.4 Å². The van der Waals surface area contributed by atoms with Crippen molar-refractivity contribution in [1.29, 1.82) is 0 Å². The standard InChI is InChI=1S/C10H21NO.C5H8O2.C4H6O2/c1-2-3-4-5-6-7-8-9-10(11)12;1-4(2)5(6)7-3;1-3(2)4(5)6/h2-9H2,1H3,(H2,11,12);1H2,2-3H3;1H2,2H3,(H,5,6). The summed E-state index contributed by atoms with van der Waals surface area (Å²) in [6.45, 7) is 11.8. The molecule has 0 unspecified atom stereocenters. The predicted molar refractivity (Wildman–Crippen MR) is 101 cm³/mol. The molecule has 146 valence electrons. The zero-order valence-corrected chi connectivity index (χ0v) is 16.2. The topological polar surface area (TPSA) is 107 Å². The highest BCUT2D eigenvalue weighted by Gasteiger charge is 1.95. The number of amides is 1. The number of hydrogen-bond acceptors (Lipinski definition) is 4. The number of rotatable bonds is 10. The molecule has 0 bridgehead atoms. The molecule has 0 spiro atoms. The zero-order valence-electron chi connectivity index (χ0n) is 16.2. The Morgan fingerprint density at radius 3 is 1.56 bits per heavy atom. The van der Waals surface area contributed by atoms with Gasteiger partial charge in [0.2, 0.25) is 5.91 Å². The van der Waals surface area contributed by atoms with Crippen molar-refractivity contribution in [3.05, 3.63) is 24.3 Å². The molecule has 3 N–H and O–H groups in total. The van der Waals surface area contributed by atoms with E-state index in [9.17, 15) is 14.4 Å². The van der Waals surface area contributed by atoms with Crippen LogP contribution >= 0.6 is 0 Å². The fraction of sp³-hybridized carbons (Fsp3) is 0.632. The lowest BCUT2D eigenvalue weighted by Crippen LogP contribution is -2.09. The summed E-state index contributed by atoms with van der Waals surface area (Å²) in [7, 11) is 1.33. The van der Waals surface area contributed by atoms with Gasteiger partial charge in [-0.1, -0.05) is 58.6 Å². The van der Waals surface area contributed by atoms with Crippen LogP contribution in [0.1, 0.15) is 72.1 Å². The quantitative estimate of drug-likeness (QED) is 0.349. The normalized spacial score (nSPS) is 8.80. The van der Waals surface area contributed by atoms with Crippen LogP contribution in [0.4, 0.5) is 0 Å². The number of carboxylic acids is 1. The lowest BCUT2D eigenvalue weighted by molar-refractivity contribution is -0.136. The van der Waals surface area contributed by atoms with Crippen LogP contribution in [-0.2, 0) is 19.1 Å².